The van der Waals surface area contributed by atoms with Gasteiger partial charge >= 0.3 is 0 Å². The predicted octanol–water partition coefficient (Wildman–Crippen LogP) is 4.52. The van der Waals surface area contributed by atoms with E-state index in [-0.39, 0.29) is 23.7 Å². The van der Waals surface area contributed by atoms with E-state index < -0.39 is 23.6 Å². The molecule has 160 valence electrons. The third-order valence-corrected chi connectivity index (χ3v) is 4.94. The average Bonchev–Trinajstić information content (AvgIpc) is 3.46. The molecule has 1 aliphatic rings. The molecular weight excluding hydrogens is 406 g/mol. The van der Waals surface area contributed by atoms with Gasteiger partial charge in [-0.1, -0.05) is 6.07 Å². The van der Waals surface area contributed by atoms with Gasteiger partial charge in [-0.25, -0.2) is 8.78 Å². The molecule has 0 bridgehead atoms. The van der Waals surface area contributed by atoms with Crippen LogP contribution in [0.2, 0.25) is 0 Å². The monoisotopic (exact) mass is 426 g/mol. The highest BCUT2D eigenvalue weighted by Crippen LogP contribution is 2.25. The number of benzene rings is 2. The van der Waals surface area contributed by atoms with Gasteiger partial charge in [0.2, 0.25) is 0 Å². The molecule has 0 saturated carbocycles. The summed E-state index contributed by atoms with van der Waals surface area (Å²) in [4.78, 5) is 26.8. The van der Waals surface area contributed by atoms with Crippen molar-refractivity contribution in [1.29, 1.82) is 0 Å². The fourth-order valence-corrected chi connectivity index (χ4v) is 3.42. The first kappa shape index (κ1) is 20.7. The average molecular weight is 426 g/mol. The number of hydrogen-bond acceptors (Lipinski definition) is 4. The van der Waals surface area contributed by atoms with E-state index >= 15 is 0 Å². The van der Waals surface area contributed by atoms with E-state index in [0.29, 0.717) is 24.5 Å². The normalized spacial score (nSPS) is 15.6. The van der Waals surface area contributed by atoms with E-state index in [1.807, 2.05) is 0 Å². The van der Waals surface area contributed by atoms with Gasteiger partial charge in [0.1, 0.15) is 23.5 Å². The Kier molecular flexibility index (Phi) is 6.08. The lowest BCUT2D eigenvalue weighted by atomic mass is 10.1. The quantitative estimate of drug-likeness (QED) is 0.629. The first-order valence-corrected chi connectivity index (χ1v) is 9.83. The van der Waals surface area contributed by atoms with E-state index in [9.17, 15) is 18.4 Å². The minimum absolute atomic E-state index is 0.0547. The molecule has 2 heterocycles. The first-order valence-electron chi connectivity index (χ1n) is 9.83. The number of hydrogen-bond donors (Lipinski definition) is 1. The van der Waals surface area contributed by atoms with E-state index in [4.69, 9.17) is 9.15 Å². The van der Waals surface area contributed by atoms with Crippen molar-refractivity contribution in [2.24, 2.45) is 0 Å². The van der Waals surface area contributed by atoms with Gasteiger partial charge in [0.05, 0.1) is 18.5 Å². The fraction of sp³-hybridized carbons (Fsp3) is 0.217. The molecule has 0 aliphatic carbocycles. The summed E-state index contributed by atoms with van der Waals surface area (Å²) < 4.78 is 38.6. The number of amides is 2. The third kappa shape index (κ3) is 4.80. The second-order valence-corrected chi connectivity index (χ2v) is 7.14. The summed E-state index contributed by atoms with van der Waals surface area (Å²) in [6.45, 7) is 0.489. The molecule has 1 atom stereocenters. The molecule has 3 aromatic rings. The third-order valence-electron chi connectivity index (χ3n) is 4.94. The summed E-state index contributed by atoms with van der Waals surface area (Å²) in [6, 6.07) is 12.6. The van der Waals surface area contributed by atoms with Crippen molar-refractivity contribution in [2.75, 3.05) is 16.8 Å². The van der Waals surface area contributed by atoms with Crippen LogP contribution in [0, 0.1) is 11.6 Å². The second-order valence-electron chi connectivity index (χ2n) is 7.14. The standard InChI is InChI=1S/C23H20F2N2O4/c24-16-8-9-20(19(25)13-16)27(14-18-6-2-10-30-18)23(29)15-4-1-5-17(12-15)26-22(28)21-7-3-11-31-21/h1-2,4-6,8-10,12-13,21H,3,7,11,14H2,(H,26,28). The van der Waals surface area contributed by atoms with Crippen molar-refractivity contribution in [3.05, 3.63) is 83.8 Å². The SMILES string of the molecule is O=C(Nc1cccc(C(=O)N(Cc2ccco2)c2ccc(F)cc2F)c1)C1CCCO1. The number of carbonyl (C=O) groups is 2. The molecule has 2 aromatic carbocycles. The molecule has 1 N–H and O–H groups in total. The molecular formula is C23H20F2N2O4. The molecule has 1 saturated heterocycles. The van der Waals surface area contributed by atoms with E-state index in [1.54, 1.807) is 30.3 Å². The number of anilines is 2. The smallest absolute Gasteiger partial charge is 0.258 e. The van der Waals surface area contributed by atoms with Gasteiger partial charge in [-0.05, 0) is 55.3 Å². The number of carbonyl (C=O) groups excluding carboxylic acids is 2. The summed E-state index contributed by atoms with van der Waals surface area (Å²) >= 11 is 0. The molecule has 31 heavy (non-hydrogen) atoms. The van der Waals surface area contributed by atoms with E-state index in [1.165, 1.54) is 18.4 Å². The summed E-state index contributed by atoms with van der Waals surface area (Å²) in [7, 11) is 0. The molecule has 2 amide bonds. The fourth-order valence-electron chi connectivity index (χ4n) is 3.42. The molecule has 4 rings (SSSR count). The van der Waals surface area contributed by atoms with Crippen LogP contribution in [0.1, 0.15) is 29.0 Å². The topological polar surface area (TPSA) is 71.8 Å². The number of nitrogens with one attached hydrogen (secondary N) is 1. The van der Waals surface area contributed by atoms with Crippen molar-refractivity contribution in [3.63, 3.8) is 0 Å². The second kappa shape index (κ2) is 9.09. The number of rotatable bonds is 6. The molecule has 0 spiro atoms. The highest BCUT2D eigenvalue weighted by Gasteiger charge is 2.25. The zero-order chi connectivity index (χ0) is 21.8. The highest BCUT2D eigenvalue weighted by atomic mass is 19.1. The molecule has 8 heteroatoms. The van der Waals surface area contributed by atoms with Crippen LogP contribution in [0.3, 0.4) is 0 Å². The number of furan rings is 1. The van der Waals surface area contributed by atoms with Gasteiger partial charge < -0.3 is 14.5 Å². The van der Waals surface area contributed by atoms with Gasteiger partial charge in [0, 0.05) is 23.9 Å². The lowest BCUT2D eigenvalue weighted by molar-refractivity contribution is -0.124. The van der Waals surface area contributed by atoms with Crippen molar-refractivity contribution in [3.8, 4) is 0 Å². The van der Waals surface area contributed by atoms with Crippen LogP contribution >= 0.6 is 0 Å². The summed E-state index contributed by atoms with van der Waals surface area (Å²) in [5.41, 5.74) is 0.556. The minimum Gasteiger partial charge on any atom is -0.467 e. The van der Waals surface area contributed by atoms with Crippen LogP contribution in [0.4, 0.5) is 20.2 Å². The first-order chi connectivity index (χ1) is 15.0. The molecule has 6 nitrogen and oxygen atoms in total. The number of halogens is 2. The highest BCUT2D eigenvalue weighted by molar-refractivity contribution is 6.07. The van der Waals surface area contributed by atoms with Gasteiger partial charge in [-0.15, -0.1) is 0 Å². The Hall–Kier alpha value is -3.52. The Bertz CT molecular complexity index is 1080. The summed E-state index contributed by atoms with van der Waals surface area (Å²) in [6.07, 6.45) is 2.40. The Morgan fingerprint density at radius 1 is 1.10 bits per heavy atom. The minimum atomic E-state index is -0.872. The van der Waals surface area contributed by atoms with Crippen molar-refractivity contribution in [1.82, 2.24) is 0 Å². The maximum Gasteiger partial charge on any atom is 0.258 e. The van der Waals surface area contributed by atoms with Gasteiger partial charge in [-0.2, -0.15) is 0 Å². The summed E-state index contributed by atoms with van der Waals surface area (Å²) in [5, 5.41) is 2.75. The lowest BCUT2D eigenvalue weighted by Crippen LogP contribution is -2.31. The van der Waals surface area contributed by atoms with Crippen molar-refractivity contribution < 1.29 is 27.5 Å². The van der Waals surface area contributed by atoms with Crippen LogP contribution < -0.4 is 10.2 Å². The van der Waals surface area contributed by atoms with Gasteiger partial charge in [0.15, 0.2) is 0 Å². The van der Waals surface area contributed by atoms with Crippen molar-refractivity contribution >= 4 is 23.2 Å². The molecule has 1 unspecified atom stereocenters. The Morgan fingerprint density at radius 3 is 2.68 bits per heavy atom. The Balaban J connectivity index is 1.61. The molecule has 1 fully saturated rings. The zero-order valence-corrected chi connectivity index (χ0v) is 16.5. The number of ether oxygens (including phenoxy) is 1. The molecule has 1 aliphatic heterocycles. The Labute approximate surface area is 177 Å². The predicted molar refractivity (Wildman–Crippen MR) is 110 cm³/mol. The van der Waals surface area contributed by atoms with Crippen LogP contribution in [0.15, 0.2) is 65.3 Å². The largest absolute Gasteiger partial charge is 0.467 e. The maximum atomic E-state index is 14.5. The maximum absolute atomic E-state index is 14.5. The van der Waals surface area contributed by atoms with Gasteiger partial charge in [-0.3, -0.25) is 14.5 Å². The van der Waals surface area contributed by atoms with Crippen LogP contribution in [0.25, 0.3) is 0 Å². The summed E-state index contributed by atoms with van der Waals surface area (Å²) in [5.74, 6) is -2.00. The lowest BCUT2D eigenvalue weighted by Gasteiger charge is -2.23. The molecule has 1 aromatic heterocycles. The van der Waals surface area contributed by atoms with Crippen LogP contribution in [-0.4, -0.2) is 24.5 Å². The zero-order valence-electron chi connectivity index (χ0n) is 16.5. The molecule has 0 radical (unpaired) electrons. The number of nitrogens with zero attached hydrogens (tertiary/aromatic N) is 1. The van der Waals surface area contributed by atoms with E-state index in [2.05, 4.69) is 5.32 Å². The Morgan fingerprint density at radius 2 is 1.97 bits per heavy atom. The van der Waals surface area contributed by atoms with Crippen LogP contribution in [0.5, 0.6) is 0 Å². The van der Waals surface area contributed by atoms with Crippen LogP contribution in [-0.2, 0) is 16.1 Å². The van der Waals surface area contributed by atoms with Gasteiger partial charge in [0.25, 0.3) is 11.8 Å². The van der Waals surface area contributed by atoms with Crippen molar-refractivity contribution in [2.45, 2.75) is 25.5 Å². The van der Waals surface area contributed by atoms with E-state index in [0.717, 1.165) is 23.5 Å².